The summed E-state index contributed by atoms with van der Waals surface area (Å²) in [5.41, 5.74) is 2.61. The molecule has 0 amide bonds. The molecule has 0 spiro atoms. The predicted molar refractivity (Wildman–Crippen MR) is 48.2 cm³/mol. The van der Waals surface area contributed by atoms with Crippen molar-refractivity contribution in [2.24, 2.45) is 0 Å². The summed E-state index contributed by atoms with van der Waals surface area (Å²) in [6.07, 6.45) is 0. The summed E-state index contributed by atoms with van der Waals surface area (Å²) in [5.74, 6) is 0.980. The van der Waals surface area contributed by atoms with Gasteiger partial charge in [-0.05, 0) is 43.7 Å². The fourth-order valence-electron chi connectivity index (χ4n) is 0.895. The zero-order valence-electron chi connectivity index (χ0n) is 7.14. The van der Waals surface area contributed by atoms with Crippen LogP contribution in [0.5, 0.6) is 5.75 Å². The molecule has 11 heavy (non-hydrogen) atoms. The summed E-state index contributed by atoms with van der Waals surface area (Å²) < 4.78 is 5.37. The van der Waals surface area contributed by atoms with Crippen molar-refractivity contribution in [3.63, 3.8) is 0 Å². The minimum Gasteiger partial charge on any atom is -0.541 e. The van der Waals surface area contributed by atoms with Crippen molar-refractivity contribution >= 4 is 9.76 Å². The lowest BCUT2D eigenvalue weighted by molar-refractivity contribution is 0.599. The minimum atomic E-state index is 0.528. The van der Waals surface area contributed by atoms with Crippen LogP contribution in [-0.4, -0.2) is 9.76 Å². The molecule has 0 aliphatic carbocycles. The maximum atomic E-state index is 5.37. The lowest BCUT2D eigenvalue weighted by atomic mass is 10.1. The van der Waals surface area contributed by atoms with Crippen LogP contribution in [0.2, 0.25) is 6.55 Å². The molecule has 0 aliphatic rings. The molecule has 2 radical (unpaired) electrons. The topological polar surface area (TPSA) is 9.23 Å². The van der Waals surface area contributed by atoms with Crippen LogP contribution >= 0.6 is 0 Å². The molecule has 2 heteroatoms. The highest BCUT2D eigenvalue weighted by Crippen LogP contribution is 2.15. The van der Waals surface area contributed by atoms with Crippen LogP contribution in [0.3, 0.4) is 0 Å². The van der Waals surface area contributed by atoms with Crippen LogP contribution in [0.4, 0.5) is 0 Å². The molecule has 0 saturated carbocycles. The van der Waals surface area contributed by atoms with Gasteiger partial charge >= 0.3 is 9.76 Å². The Bertz CT molecular complexity index is 245. The highest BCUT2D eigenvalue weighted by molar-refractivity contribution is 6.26. The minimum absolute atomic E-state index is 0.528. The summed E-state index contributed by atoms with van der Waals surface area (Å²) in [7, 11) is 0.528. The Labute approximate surface area is 70.3 Å². The average Bonchev–Trinajstić information content (AvgIpc) is 1.98. The molecular formula is C9H12OSi. The van der Waals surface area contributed by atoms with Gasteiger partial charge in [0.15, 0.2) is 0 Å². The van der Waals surface area contributed by atoms with E-state index in [0.717, 1.165) is 5.75 Å². The smallest absolute Gasteiger partial charge is 0.307 e. The summed E-state index contributed by atoms with van der Waals surface area (Å²) in [6, 6.07) is 6.18. The molecule has 1 aromatic carbocycles. The first-order valence-corrected chi connectivity index (χ1v) is 5.05. The molecule has 0 fully saturated rings. The van der Waals surface area contributed by atoms with E-state index in [4.69, 9.17) is 4.43 Å². The number of hydrogen-bond donors (Lipinski definition) is 0. The van der Waals surface area contributed by atoms with Crippen molar-refractivity contribution in [2.75, 3.05) is 0 Å². The molecule has 0 heterocycles. The largest absolute Gasteiger partial charge is 0.541 e. The van der Waals surface area contributed by atoms with Crippen LogP contribution in [0.25, 0.3) is 0 Å². The van der Waals surface area contributed by atoms with Gasteiger partial charge in [0.25, 0.3) is 0 Å². The number of rotatable bonds is 2. The van der Waals surface area contributed by atoms with E-state index in [1.165, 1.54) is 11.1 Å². The van der Waals surface area contributed by atoms with Gasteiger partial charge < -0.3 is 4.43 Å². The third-order valence-corrected chi connectivity index (χ3v) is 2.14. The van der Waals surface area contributed by atoms with E-state index in [9.17, 15) is 0 Å². The predicted octanol–water partition coefficient (Wildman–Crippen LogP) is 2.35. The second-order valence-electron chi connectivity index (χ2n) is 2.55. The van der Waals surface area contributed by atoms with E-state index in [2.05, 4.69) is 26.0 Å². The second kappa shape index (κ2) is 3.58. The Hall–Kier alpha value is -0.763. The van der Waals surface area contributed by atoms with Crippen molar-refractivity contribution in [3.8, 4) is 5.75 Å². The zero-order valence-corrected chi connectivity index (χ0v) is 8.14. The van der Waals surface area contributed by atoms with Crippen molar-refractivity contribution in [1.82, 2.24) is 0 Å². The standard InChI is InChI=1S/C9H12OSi/c1-7-4-5-9(10-11-3)6-8(7)2/h4-6H,1-3H3. The molecule has 58 valence electrons. The molecule has 1 aromatic rings. The molecule has 0 N–H and O–H groups in total. The van der Waals surface area contributed by atoms with Gasteiger partial charge in [-0.15, -0.1) is 0 Å². The number of benzene rings is 1. The van der Waals surface area contributed by atoms with Crippen molar-refractivity contribution < 1.29 is 4.43 Å². The van der Waals surface area contributed by atoms with E-state index in [-0.39, 0.29) is 0 Å². The summed E-state index contributed by atoms with van der Waals surface area (Å²) >= 11 is 0. The highest BCUT2D eigenvalue weighted by atomic mass is 28.2. The van der Waals surface area contributed by atoms with Gasteiger partial charge in [0.1, 0.15) is 5.75 Å². The maximum Gasteiger partial charge on any atom is 0.307 e. The monoisotopic (exact) mass is 164 g/mol. The molecular weight excluding hydrogens is 152 g/mol. The Morgan fingerprint density at radius 1 is 1.18 bits per heavy atom. The van der Waals surface area contributed by atoms with Gasteiger partial charge in [-0.25, -0.2) is 0 Å². The number of aryl methyl sites for hydroxylation is 2. The zero-order chi connectivity index (χ0) is 8.27. The molecule has 0 aromatic heterocycles. The lowest BCUT2D eigenvalue weighted by Crippen LogP contribution is -1.95. The fraction of sp³-hybridized carbons (Fsp3) is 0.333. The number of hydrogen-bond acceptors (Lipinski definition) is 1. The Kier molecular flexibility index (Phi) is 2.71. The molecule has 1 rings (SSSR count). The fourth-order valence-corrected chi connectivity index (χ4v) is 1.26. The molecule has 0 saturated heterocycles. The molecule has 0 atom stereocenters. The molecule has 0 aliphatic heterocycles. The highest BCUT2D eigenvalue weighted by Gasteiger charge is 1.94. The maximum absolute atomic E-state index is 5.37. The molecule has 1 nitrogen and oxygen atoms in total. The van der Waals surface area contributed by atoms with Crippen molar-refractivity contribution in [3.05, 3.63) is 29.3 Å². The van der Waals surface area contributed by atoms with E-state index in [1.807, 2.05) is 12.6 Å². The van der Waals surface area contributed by atoms with Gasteiger partial charge in [-0.2, -0.15) is 0 Å². The SMILES string of the molecule is C[Si]Oc1ccc(C)c(C)c1. The van der Waals surface area contributed by atoms with Gasteiger partial charge in [0.05, 0.1) is 0 Å². The van der Waals surface area contributed by atoms with Gasteiger partial charge in [-0.3, -0.25) is 0 Å². The van der Waals surface area contributed by atoms with Crippen LogP contribution in [0, 0.1) is 13.8 Å². The van der Waals surface area contributed by atoms with Crippen LogP contribution in [0.1, 0.15) is 11.1 Å². The van der Waals surface area contributed by atoms with Crippen LogP contribution in [0.15, 0.2) is 18.2 Å². The van der Waals surface area contributed by atoms with Crippen molar-refractivity contribution in [1.29, 1.82) is 0 Å². The van der Waals surface area contributed by atoms with Gasteiger partial charge in [0.2, 0.25) is 0 Å². The molecule has 0 unspecified atom stereocenters. The summed E-state index contributed by atoms with van der Waals surface area (Å²) in [4.78, 5) is 0. The van der Waals surface area contributed by atoms with E-state index in [1.54, 1.807) is 0 Å². The Morgan fingerprint density at radius 2 is 1.91 bits per heavy atom. The lowest BCUT2D eigenvalue weighted by Gasteiger charge is -2.04. The van der Waals surface area contributed by atoms with E-state index >= 15 is 0 Å². The van der Waals surface area contributed by atoms with Crippen molar-refractivity contribution in [2.45, 2.75) is 20.4 Å². The van der Waals surface area contributed by atoms with Crippen LogP contribution < -0.4 is 4.43 Å². The summed E-state index contributed by atoms with van der Waals surface area (Å²) in [6.45, 7) is 6.23. The third-order valence-electron chi connectivity index (χ3n) is 1.70. The van der Waals surface area contributed by atoms with E-state index in [0.29, 0.717) is 9.76 Å². The van der Waals surface area contributed by atoms with Gasteiger partial charge in [0, 0.05) is 0 Å². The Morgan fingerprint density at radius 3 is 2.45 bits per heavy atom. The first kappa shape index (κ1) is 8.33. The normalized spacial score (nSPS) is 9.73. The van der Waals surface area contributed by atoms with E-state index < -0.39 is 0 Å². The van der Waals surface area contributed by atoms with Gasteiger partial charge in [-0.1, -0.05) is 6.07 Å². The first-order chi connectivity index (χ1) is 5.24. The van der Waals surface area contributed by atoms with Crippen LogP contribution in [-0.2, 0) is 0 Å². The quantitative estimate of drug-likeness (QED) is 0.610. The average molecular weight is 164 g/mol. The summed E-state index contributed by atoms with van der Waals surface area (Å²) in [5, 5.41) is 0. The molecule has 0 bridgehead atoms. The Balaban J connectivity index is 2.86. The third kappa shape index (κ3) is 2.08. The first-order valence-electron chi connectivity index (χ1n) is 3.65. The second-order valence-corrected chi connectivity index (χ2v) is 3.16.